The average molecular weight is 334 g/mol. The zero-order valence-corrected chi connectivity index (χ0v) is 15.6. The van der Waals surface area contributed by atoms with E-state index in [-0.39, 0.29) is 7.92 Å². The van der Waals surface area contributed by atoms with Crippen molar-refractivity contribution < 1.29 is 9.47 Å². The van der Waals surface area contributed by atoms with Crippen LogP contribution in [0.4, 0.5) is 0 Å². The van der Waals surface area contributed by atoms with Crippen molar-refractivity contribution in [2.24, 2.45) is 0 Å². The van der Waals surface area contributed by atoms with Crippen LogP contribution in [0.25, 0.3) is 0 Å². The summed E-state index contributed by atoms with van der Waals surface area (Å²) in [6.07, 6.45) is 14.3. The van der Waals surface area contributed by atoms with E-state index >= 15 is 0 Å². The lowest BCUT2D eigenvalue weighted by Crippen LogP contribution is -2.26. The van der Waals surface area contributed by atoms with Crippen LogP contribution in [-0.4, -0.2) is 25.5 Å². The summed E-state index contributed by atoms with van der Waals surface area (Å²) in [4.78, 5) is 0. The van der Waals surface area contributed by atoms with Gasteiger partial charge in [0.05, 0.1) is 14.2 Å². The van der Waals surface area contributed by atoms with E-state index in [0.717, 1.165) is 22.8 Å². The van der Waals surface area contributed by atoms with Gasteiger partial charge in [-0.3, -0.25) is 0 Å². The molecule has 0 N–H and O–H groups in total. The van der Waals surface area contributed by atoms with Crippen LogP contribution in [0.1, 0.15) is 64.2 Å². The Balaban J connectivity index is 1.92. The number of methoxy groups -OCH3 is 2. The van der Waals surface area contributed by atoms with Gasteiger partial charge in [-0.25, -0.2) is 0 Å². The summed E-state index contributed by atoms with van der Waals surface area (Å²) in [5, 5.41) is 1.52. The minimum absolute atomic E-state index is 0.0959. The van der Waals surface area contributed by atoms with Crippen molar-refractivity contribution in [3.63, 3.8) is 0 Å². The third kappa shape index (κ3) is 4.21. The quantitative estimate of drug-likeness (QED) is 0.664. The molecule has 3 heteroatoms. The number of ether oxygens (including phenoxy) is 2. The Morgan fingerprint density at radius 1 is 0.696 bits per heavy atom. The summed E-state index contributed by atoms with van der Waals surface area (Å²) in [6.45, 7) is 0. The Kier molecular flexibility index (Phi) is 6.22. The van der Waals surface area contributed by atoms with Gasteiger partial charge in [0.1, 0.15) is 11.5 Å². The van der Waals surface area contributed by atoms with Gasteiger partial charge in [-0.05, 0) is 54.4 Å². The molecule has 2 fully saturated rings. The van der Waals surface area contributed by atoms with Crippen molar-refractivity contribution in [1.82, 2.24) is 0 Å². The number of rotatable bonds is 5. The Labute approximate surface area is 142 Å². The topological polar surface area (TPSA) is 18.5 Å². The smallest absolute Gasteiger partial charge is 0.123 e. The molecule has 0 bridgehead atoms. The fraction of sp³-hybridized carbons (Fsp3) is 0.700. The van der Waals surface area contributed by atoms with Crippen LogP contribution < -0.4 is 14.8 Å². The van der Waals surface area contributed by atoms with Crippen molar-refractivity contribution in [1.29, 1.82) is 0 Å². The molecule has 0 atom stereocenters. The lowest BCUT2D eigenvalue weighted by atomic mass is 9.99. The summed E-state index contributed by atoms with van der Waals surface area (Å²) >= 11 is 0. The lowest BCUT2D eigenvalue weighted by Gasteiger charge is -2.39. The molecule has 0 saturated heterocycles. The first-order valence-corrected chi connectivity index (χ1v) is 10.8. The molecule has 0 heterocycles. The van der Waals surface area contributed by atoms with E-state index < -0.39 is 0 Å². The Morgan fingerprint density at radius 3 is 1.52 bits per heavy atom. The normalized spacial score (nSPS) is 20.7. The molecule has 0 amide bonds. The van der Waals surface area contributed by atoms with Crippen molar-refractivity contribution >= 4 is 13.2 Å². The maximum absolute atomic E-state index is 5.55. The second-order valence-electron chi connectivity index (χ2n) is 7.06. The number of hydrogen-bond donors (Lipinski definition) is 0. The lowest BCUT2D eigenvalue weighted by molar-refractivity contribution is 0.395. The van der Waals surface area contributed by atoms with Crippen molar-refractivity contribution in [3.05, 3.63) is 18.2 Å². The number of benzene rings is 1. The molecular weight excluding hydrogens is 303 g/mol. The summed E-state index contributed by atoms with van der Waals surface area (Å²) in [5.41, 5.74) is 1.83. The van der Waals surface area contributed by atoms with Gasteiger partial charge in [0.25, 0.3) is 0 Å². The molecule has 3 rings (SSSR count). The van der Waals surface area contributed by atoms with Crippen molar-refractivity contribution in [2.75, 3.05) is 14.2 Å². The van der Waals surface area contributed by atoms with Crippen LogP contribution in [0.3, 0.4) is 0 Å². The van der Waals surface area contributed by atoms with Crippen LogP contribution in [0.15, 0.2) is 18.2 Å². The van der Waals surface area contributed by atoms with Crippen LogP contribution >= 0.6 is 7.92 Å². The number of hydrogen-bond acceptors (Lipinski definition) is 2. The standard InChI is InChI=1S/C20H31O2P/c1-21-16-13-17(22-2)15-20(14-16)23(18-9-5-3-6-10-18)19-11-7-4-8-12-19/h13-15,18-19H,3-12H2,1-2H3. The fourth-order valence-corrected chi connectivity index (χ4v) is 8.21. The average Bonchev–Trinajstić information content (AvgIpc) is 2.63. The first-order chi connectivity index (χ1) is 11.3. The van der Waals surface area contributed by atoms with E-state index in [9.17, 15) is 0 Å². The van der Waals surface area contributed by atoms with Gasteiger partial charge in [0.2, 0.25) is 0 Å². The molecule has 2 aliphatic rings. The molecule has 0 unspecified atom stereocenters. The van der Waals surface area contributed by atoms with Crippen LogP contribution in [0.2, 0.25) is 0 Å². The summed E-state index contributed by atoms with van der Waals surface area (Å²) in [5.74, 6) is 1.91. The fourth-order valence-electron chi connectivity index (χ4n) is 4.38. The van der Waals surface area contributed by atoms with Gasteiger partial charge < -0.3 is 9.47 Å². The summed E-state index contributed by atoms with van der Waals surface area (Å²) < 4.78 is 11.1. The monoisotopic (exact) mass is 334 g/mol. The maximum Gasteiger partial charge on any atom is 0.123 e. The molecule has 0 aromatic heterocycles. The molecule has 2 saturated carbocycles. The minimum atomic E-state index is -0.0959. The largest absolute Gasteiger partial charge is 0.497 e. The third-order valence-electron chi connectivity index (χ3n) is 5.57. The zero-order valence-electron chi connectivity index (χ0n) is 14.7. The molecule has 0 spiro atoms. The molecule has 23 heavy (non-hydrogen) atoms. The highest BCUT2D eigenvalue weighted by atomic mass is 31.1. The van der Waals surface area contributed by atoms with Gasteiger partial charge in [0.15, 0.2) is 0 Å². The molecule has 1 aromatic rings. The van der Waals surface area contributed by atoms with Gasteiger partial charge in [-0.15, -0.1) is 0 Å². The highest BCUT2D eigenvalue weighted by molar-refractivity contribution is 7.67. The van der Waals surface area contributed by atoms with Crippen LogP contribution in [0, 0.1) is 0 Å². The van der Waals surface area contributed by atoms with Crippen LogP contribution in [0.5, 0.6) is 11.5 Å². The Morgan fingerprint density at radius 2 is 1.13 bits per heavy atom. The molecule has 0 aliphatic heterocycles. The SMILES string of the molecule is COc1cc(OC)cc(P(C2CCCCC2)C2CCCCC2)c1. The van der Waals surface area contributed by atoms with Gasteiger partial charge in [0, 0.05) is 6.07 Å². The highest BCUT2D eigenvalue weighted by Crippen LogP contribution is 2.55. The van der Waals surface area contributed by atoms with E-state index in [1.54, 1.807) is 14.2 Å². The zero-order chi connectivity index (χ0) is 16.1. The highest BCUT2D eigenvalue weighted by Gasteiger charge is 2.32. The predicted molar refractivity (Wildman–Crippen MR) is 99.8 cm³/mol. The van der Waals surface area contributed by atoms with Crippen molar-refractivity contribution in [2.45, 2.75) is 75.5 Å². The molecule has 0 radical (unpaired) electrons. The van der Waals surface area contributed by atoms with E-state index in [1.807, 2.05) is 6.07 Å². The second kappa shape index (κ2) is 8.38. The molecular formula is C20H31O2P. The molecule has 1 aromatic carbocycles. The summed E-state index contributed by atoms with van der Waals surface area (Å²) in [6, 6.07) is 6.62. The summed E-state index contributed by atoms with van der Waals surface area (Å²) in [7, 11) is 3.44. The first kappa shape index (κ1) is 17.1. The molecule has 2 nitrogen and oxygen atoms in total. The van der Waals surface area contributed by atoms with E-state index in [4.69, 9.17) is 9.47 Å². The second-order valence-corrected chi connectivity index (χ2v) is 9.85. The first-order valence-electron chi connectivity index (χ1n) is 9.33. The predicted octanol–water partition coefficient (Wildman–Crippen LogP) is 5.48. The van der Waals surface area contributed by atoms with Crippen LogP contribution in [-0.2, 0) is 0 Å². The Hall–Kier alpha value is -0.750. The van der Waals surface area contributed by atoms with Gasteiger partial charge in [-0.2, -0.15) is 0 Å². The maximum atomic E-state index is 5.55. The van der Waals surface area contributed by atoms with E-state index in [1.165, 1.54) is 69.5 Å². The van der Waals surface area contributed by atoms with E-state index in [2.05, 4.69) is 12.1 Å². The minimum Gasteiger partial charge on any atom is -0.497 e. The molecule has 128 valence electrons. The molecule has 2 aliphatic carbocycles. The van der Waals surface area contributed by atoms with Gasteiger partial charge in [-0.1, -0.05) is 46.4 Å². The van der Waals surface area contributed by atoms with Gasteiger partial charge >= 0.3 is 0 Å². The Bertz CT molecular complexity index is 450. The van der Waals surface area contributed by atoms with Crippen molar-refractivity contribution in [3.8, 4) is 11.5 Å². The van der Waals surface area contributed by atoms with E-state index in [0.29, 0.717) is 0 Å². The third-order valence-corrected chi connectivity index (χ3v) is 9.03.